The van der Waals surface area contributed by atoms with Gasteiger partial charge in [0.1, 0.15) is 11.5 Å². The first-order valence-electron chi connectivity index (χ1n) is 12.2. The van der Waals surface area contributed by atoms with Crippen molar-refractivity contribution >= 4 is 23.3 Å². The molecule has 0 fully saturated rings. The van der Waals surface area contributed by atoms with E-state index in [1.54, 1.807) is 55.5 Å². The van der Waals surface area contributed by atoms with E-state index in [4.69, 9.17) is 26.9 Å². The summed E-state index contributed by atoms with van der Waals surface area (Å²) in [6.45, 7) is 1.99. The van der Waals surface area contributed by atoms with E-state index in [1.165, 1.54) is 11.7 Å². The molecule has 0 aliphatic heterocycles. The fraction of sp³-hybridized carbons (Fsp3) is 0.214. The molecule has 0 bridgehead atoms. The topological polar surface area (TPSA) is 123 Å². The van der Waals surface area contributed by atoms with Gasteiger partial charge in [0.05, 0.1) is 19.3 Å². The molecule has 0 spiro atoms. The normalized spacial score (nSPS) is 11.4. The van der Waals surface area contributed by atoms with Crippen molar-refractivity contribution < 1.29 is 14.3 Å². The second-order valence-corrected chi connectivity index (χ2v) is 9.06. The molecule has 4 aromatic rings. The van der Waals surface area contributed by atoms with E-state index in [0.29, 0.717) is 28.6 Å². The van der Waals surface area contributed by atoms with Crippen molar-refractivity contribution in [3.05, 3.63) is 116 Å². The van der Waals surface area contributed by atoms with Crippen LogP contribution >= 0.6 is 11.6 Å². The SMILES string of the molecule is CCn1c(=O)n(N)/c(=N\c2ccc(Oc3cccc(CCC(=O)OC)c3)cc2)n(Cc2ccc(Cl)cc2)c1=O. The maximum absolute atomic E-state index is 13.2. The lowest BCUT2D eigenvalue weighted by Crippen LogP contribution is -2.57. The summed E-state index contributed by atoms with van der Waals surface area (Å²) < 4.78 is 13.9. The second-order valence-electron chi connectivity index (χ2n) is 8.62. The summed E-state index contributed by atoms with van der Waals surface area (Å²) in [6.07, 6.45) is 0.818. The van der Waals surface area contributed by atoms with Crippen molar-refractivity contribution in [2.24, 2.45) is 4.99 Å². The van der Waals surface area contributed by atoms with Crippen LogP contribution < -0.4 is 27.6 Å². The van der Waals surface area contributed by atoms with Gasteiger partial charge < -0.3 is 15.3 Å². The summed E-state index contributed by atoms with van der Waals surface area (Å²) in [5, 5.41) is 0.568. The number of rotatable bonds is 9. The molecule has 0 atom stereocenters. The third-order valence-corrected chi connectivity index (χ3v) is 6.22. The van der Waals surface area contributed by atoms with E-state index in [-0.39, 0.29) is 31.1 Å². The van der Waals surface area contributed by atoms with E-state index in [2.05, 4.69) is 4.99 Å². The van der Waals surface area contributed by atoms with Gasteiger partial charge in [0.15, 0.2) is 0 Å². The number of benzene rings is 3. The van der Waals surface area contributed by atoms with Crippen LogP contribution in [0.1, 0.15) is 24.5 Å². The van der Waals surface area contributed by atoms with Crippen LogP contribution in [0.25, 0.3) is 0 Å². The van der Waals surface area contributed by atoms with E-state index in [0.717, 1.165) is 20.4 Å². The minimum absolute atomic E-state index is 0.00312. The predicted molar refractivity (Wildman–Crippen MR) is 148 cm³/mol. The second kappa shape index (κ2) is 12.3. The van der Waals surface area contributed by atoms with Gasteiger partial charge in [-0.3, -0.25) is 9.36 Å². The van der Waals surface area contributed by atoms with Crippen molar-refractivity contribution in [2.75, 3.05) is 13.0 Å². The zero-order chi connectivity index (χ0) is 27.9. The molecular weight excluding hydrogens is 522 g/mol. The van der Waals surface area contributed by atoms with Crippen LogP contribution in [0.3, 0.4) is 0 Å². The highest BCUT2D eigenvalue weighted by Crippen LogP contribution is 2.25. The van der Waals surface area contributed by atoms with E-state index in [1.807, 2.05) is 24.3 Å². The number of carbonyl (C=O) groups is 1. The third kappa shape index (κ3) is 6.66. The molecule has 10 nitrogen and oxygen atoms in total. The number of hydrogen-bond donors (Lipinski definition) is 1. The third-order valence-electron chi connectivity index (χ3n) is 5.97. The number of hydrogen-bond acceptors (Lipinski definition) is 7. The minimum Gasteiger partial charge on any atom is -0.469 e. The number of esters is 1. The van der Waals surface area contributed by atoms with Gasteiger partial charge >= 0.3 is 17.3 Å². The molecule has 0 amide bonds. The number of halogens is 1. The average molecular weight is 550 g/mol. The molecule has 0 unspecified atom stereocenters. The van der Waals surface area contributed by atoms with E-state index >= 15 is 0 Å². The average Bonchev–Trinajstić information content (AvgIpc) is 2.95. The van der Waals surface area contributed by atoms with Crippen LogP contribution in [-0.4, -0.2) is 26.9 Å². The summed E-state index contributed by atoms with van der Waals surface area (Å²) in [5.74, 6) is 7.00. The van der Waals surface area contributed by atoms with Gasteiger partial charge in [-0.2, -0.15) is 4.68 Å². The molecule has 4 rings (SSSR count). The Balaban J connectivity index is 1.64. The largest absolute Gasteiger partial charge is 0.469 e. The van der Waals surface area contributed by atoms with Crippen LogP contribution in [0.2, 0.25) is 5.02 Å². The number of nitrogens with two attached hydrogens (primary N) is 1. The van der Waals surface area contributed by atoms with Gasteiger partial charge in [-0.15, -0.1) is 0 Å². The summed E-state index contributed by atoms with van der Waals surface area (Å²) in [6, 6.07) is 21.3. The van der Waals surface area contributed by atoms with Gasteiger partial charge in [0.25, 0.3) is 0 Å². The Morgan fingerprint density at radius 1 is 0.923 bits per heavy atom. The molecule has 0 saturated carbocycles. The minimum atomic E-state index is -0.666. The highest BCUT2D eigenvalue weighted by Gasteiger charge is 2.13. The van der Waals surface area contributed by atoms with Gasteiger partial charge in [0.2, 0.25) is 5.62 Å². The first kappa shape index (κ1) is 27.5. The number of nitrogen functional groups attached to an aromatic ring is 1. The summed E-state index contributed by atoms with van der Waals surface area (Å²) in [7, 11) is 1.36. The summed E-state index contributed by atoms with van der Waals surface area (Å²) >= 11 is 6.00. The summed E-state index contributed by atoms with van der Waals surface area (Å²) in [5.41, 5.74) is 1.00. The fourth-order valence-electron chi connectivity index (χ4n) is 3.91. The maximum atomic E-state index is 13.2. The van der Waals surface area contributed by atoms with Crippen molar-refractivity contribution in [3.63, 3.8) is 0 Å². The Labute approximate surface area is 229 Å². The zero-order valence-corrected chi connectivity index (χ0v) is 22.3. The van der Waals surface area contributed by atoms with Crippen LogP contribution in [-0.2, 0) is 29.0 Å². The monoisotopic (exact) mass is 549 g/mol. The quantitative estimate of drug-likeness (QED) is 0.252. The number of methoxy groups -OCH3 is 1. The fourth-order valence-corrected chi connectivity index (χ4v) is 4.03. The van der Waals surface area contributed by atoms with Gasteiger partial charge in [-0.25, -0.2) is 19.1 Å². The molecular formula is C28H28ClN5O5. The standard InChI is InChI=1S/C28H28ClN5O5/c1-3-32-27(36)33(18-20-7-10-21(29)11-8-20)26(34(30)28(32)37)31-22-12-14-23(15-13-22)39-24-6-4-5-19(17-24)9-16-25(35)38-2/h4-8,10-15,17H,3,9,16,18,30H2,1-2H3/b31-26-. The molecule has 11 heteroatoms. The lowest BCUT2D eigenvalue weighted by atomic mass is 10.1. The molecule has 3 aromatic carbocycles. The van der Waals surface area contributed by atoms with Crippen molar-refractivity contribution in [1.29, 1.82) is 0 Å². The molecule has 39 heavy (non-hydrogen) atoms. The molecule has 0 radical (unpaired) electrons. The highest BCUT2D eigenvalue weighted by atomic mass is 35.5. The van der Waals surface area contributed by atoms with E-state index in [9.17, 15) is 14.4 Å². The Kier molecular flexibility index (Phi) is 8.67. The molecule has 2 N–H and O–H groups in total. The lowest BCUT2D eigenvalue weighted by molar-refractivity contribution is -0.140. The van der Waals surface area contributed by atoms with Gasteiger partial charge in [-0.05, 0) is 73.0 Å². The molecule has 202 valence electrons. The van der Waals surface area contributed by atoms with Crippen molar-refractivity contribution in [2.45, 2.75) is 32.9 Å². The van der Waals surface area contributed by atoms with E-state index < -0.39 is 11.4 Å². The molecule has 1 aromatic heterocycles. The molecule has 1 heterocycles. The van der Waals surface area contributed by atoms with Crippen LogP contribution in [0, 0.1) is 0 Å². The first-order valence-corrected chi connectivity index (χ1v) is 12.6. The van der Waals surface area contributed by atoms with Crippen LogP contribution in [0.15, 0.2) is 87.4 Å². The smallest absolute Gasteiger partial charge is 0.353 e. The number of ether oxygens (including phenoxy) is 2. The maximum Gasteiger partial charge on any atom is 0.353 e. The van der Waals surface area contributed by atoms with Gasteiger partial charge in [0, 0.05) is 18.0 Å². The van der Waals surface area contributed by atoms with Gasteiger partial charge in [-0.1, -0.05) is 35.9 Å². The number of aromatic nitrogens is 3. The molecule has 0 saturated heterocycles. The summed E-state index contributed by atoms with van der Waals surface area (Å²) in [4.78, 5) is 41.8. The molecule has 0 aliphatic carbocycles. The number of aryl methyl sites for hydroxylation is 1. The van der Waals surface area contributed by atoms with Crippen molar-refractivity contribution in [3.8, 4) is 11.5 Å². The Hall–Kier alpha value is -4.57. The Morgan fingerprint density at radius 3 is 2.31 bits per heavy atom. The predicted octanol–water partition coefficient (Wildman–Crippen LogP) is 3.38. The van der Waals surface area contributed by atoms with Crippen molar-refractivity contribution in [1.82, 2.24) is 13.8 Å². The van der Waals surface area contributed by atoms with Crippen LogP contribution in [0.5, 0.6) is 11.5 Å². The Morgan fingerprint density at radius 2 is 1.64 bits per heavy atom. The molecule has 0 aliphatic rings. The lowest BCUT2D eigenvalue weighted by Gasteiger charge is -2.13. The highest BCUT2D eigenvalue weighted by molar-refractivity contribution is 6.30. The zero-order valence-electron chi connectivity index (χ0n) is 21.5. The number of nitrogens with zero attached hydrogens (tertiary/aromatic N) is 4. The number of carbonyl (C=O) groups excluding carboxylic acids is 1. The Bertz CT molecular complexity index is 1650. The van der Waals surface area contributed by atoms with Crippen LogP contribution in [0.4, 0.5) is 5.69 Å². The first-order chi connectivity index (χ1) is 18.8.